The van der Waals surface area contributed by atoms with E-state index in [0.717, 1.165) is 17.4 Å². The largest absolute Gasteiger partial charge is 0.464 e. The van der Waals surface area contributed by atoms with Gasteiger partial charge in [-0.25, -0.2) is 0 Å². The second-order valence-electron chi connectivity index (χ2n) is 5.01. The second kappa shape index (κ2) is 5.57. The predicted molar refractivity (Wildman–Crippen MR) is 68.2 cm³/mol. The molecule has 2 atom stereocenters. The van der Waals surface area contributed by atoms with Crippen LogP contribution in [0.25, 0.3) is 0 Å². The normalized spacial score (nSPS) is 21.9. The van der Waals surface area contributed by atoms with Crippen molar-refractivity contribution in [1.29, 1.82) is 0 Å². The van der Waals surface area contributed by atoms with E-state index in [1.54, 1.807) is 11.9 Å². The summed E-state index contributed by atoms with van der Waals surface area (Å²) in [6.45, 7) is 5.31. The van der Waals surface area contributed by atoms with Crippen LogP contribution in [-0.2, 0) is 16.1 Å². The first-order valence-electron chi connectivity index (χ1n) is 6.52. The summed E-state index contributed by atoms with van der Waals surface area (Å²) in [6, 6.07) is 4.00. The number of hydrogen-bond acceptors (Lipinski definition) is 3. The first-order valence-corrected chi connectivity index (χ1v) is 6.52. The van der Waals surface area contributed by atoms with Gasteiger partial charge >= 0.3 is 0 Å². The Labute approximate surface area is 108 Å². The van der Waals surface area contributed by atoms with Crippen LogP contribution in [0.4, 0.5) is 0 Å². The van der Waals surface area contributed by atoms with E-state index in [0.29, 0.717) is 19.1 Å². The molecule has 0 saturated heterocycles. The molecule has 1 aliphatic carbocycles. The lowest BCUT2D eigenvalue weighted by Gasteiger charge is -2.15. The Morgan fingerprint density at radius 1 is 1.56 bits per heavy atom. The number of amides is 1. The second-order valence-corrected chi connectivity index (χ2v) is 5.01. The number of carbonyl (C=O) groups excluding carboxylic acids is 1. The van der Waals surface area contributed by atoms with Crippen molar-refractivity contribution in [2.24, 2.45) is 5.92 Å². The Balaban J connectivity index is 1.85. The molecule has 0 aromatic carbocycles. The van der Waals surface area contributed by atoms with Gasteiger partial charge in [-0.2, -0.15) is 0 Å². The van der Waals surface area contributed by atoms with Crippen LogP contribution in [0, 0.1) is 5.92 Å². The van der Waals surface area contributed by atoms with E-state index in [1.807, 2.05) is 19.1 Å². The summed E-state index contributed by atoms with van der Waals surface area (Å²) in [4.78, 5) is 13.3. The zero-order chi connectivity index (χ0) is 13.1. The minimum atomic E-state index is -0.0189. The summed E-state index contributed by atoms with van der Waals surface area (Å²) >= 11 is 0. The van der Waals surface area contributed by atoms with Crippen LogP contribution in [0.15, 0.2) is 16.5 Å². The smallest absolute Gasteiger partial charge is 0.248 e. The summed E-state index contributed by atoms with van der Waals surface area (Å²) in [7, 11) is 1.77. The van der Waals surface area contributed by atoms with Crippen LogP contribution in [0.3, 0.4) is 0 Å². The molecule has 0 bridgehead atoms. The summed E-state index contributed by atoms with van der Waals surface area (Å²) in [6.07, 6.45) is 1.21. The molecule has 4 heteroatoms. The van der Waals surface area contributed by atoms with Crippen LogP contribution < -0.4 is 0 Å². The zero-order valence-corrected chi connectivity index (χ0v) is 11.3. The van der Waals surface area contributed by atoms with E-state index >= 15 is 0 Å². The standard InChI is InChI=1S/C14H21NO3/c1-4-17-9-14(16)15(3)8-11-5-6-13(18-11)12-7-10(12)2/h5-6,10,12H,4,7-9H2,1-3H3. The Morgan fingerprint density at radius 3 is 2.89 bits per heavy atom. The SMILES string of the molecule is CCOCC(=O)N(C)Cc1ccc(C2CC2C)o1. The Bertz CT molecular complexity index is 413. The molecule has 1 heterocycles. The number of hydrogen-bond donors (Lipinski definition) is 0. The van der Waals surface area contributed by atoms with Gasteiger partial charge in [-0.3, -0.25) is 4.79 Å². The molecule has 1 aromatic rings. The number of rotatable bonds is 6. The fraction of sp³-hybridized carbons (Fsp3) is 0.643. The average molecular weight is 251 g/mol. The van der Waals surface area contributed by atoms with E-state index in [1.165, 1.54) is 6.42 Å². The maximum Gasteiger partial charge on any atom is 0.248 e. The lowest BCUT2D eigenvalue weighted by Crippen LogP contribution is -2.29. The van der Waals surface area contributed by atoms with E-state index < -0.39 is 0 Å². The highest BCUT2D eigenvalue weighted by Crippen LogP contribution is 2.47. The lowest BCUT2D eigenvalue weighted by atomic mass is 10.3. The molecule has 1 fully saturated rings. The fourth-order valence-electron chi connectivity index (χ4n) is 2.02. The summed E-state index contributed by atoms with van der Waals surface area (Å²) < 4.78 is 10.9. The number of likely N-dealkylation sites (N-methyl/N-ethyl adjacent to an activating group) is 1. The minimum absolute atomic E-state index is 0.0189. The van der Waals surface area contributed by atoms with Gasteiger partial charge in [0.2, 0.25) is 5.91 Å². The lowest BCUT2D eigenvalue weighted by molar-refractivity contribution is -0.135. The molecule has 0 spiro atoms. The van der Waals surface area contributed by atoms with Crippen molar-refractivity contribution in [2.45, 2.75) is 32.7 Å². The number of nitrogens with zero attached hydrogens (tertiary/aromatic N) is 1. The van der Waals surface area contributed by atoms with Crippen molar-refractivity contribution in [1.82, 2.24) is 4.90 Å². The van der Waals surface area contributed by atoms with Crippen LogP contribution >= 0.6 is 0 Å². The van der Waals surface area contributed by atoms with Gasteiger partial charge in [-0.1, -0.05) is 6.92 Å². The predicted octanol–water partition coefficient (Wildman–Crippen LogP) is 2.40. The quantitative estimate of drug-likeness (QED) is 0.779. The molecule has 1 saturated carbocycles. The molecule has 0 aliphatic heterocycles. The van der Waals surface area contributed by atoms with Gasteiger partial charge < -0.3 is 14.1 Å². The van der Waals surface area contributed by atoms with Gasteiger partial charge in [-0.15, -0.1) is 0 Å². The third-order valence-electron chi connectivity index (χ3n) is 3.41. The first-order chi connectivity index (χ1) is 8.61. The molecular weight excluding hydrogens is 230 g/mol. The minimum Gasteiger partial charge on any atom is -0.464 e. The van der Waals surface area contributed by atoms with Crippen LogP contribution in [0.1, 0.15) is 37.7 Å². The molecule has 0 radical (unpaired) electrons. The van der Waals surface area contributed by atoms with Crippen molar-refractivity contribution in [2.75, 3.05) is 20.3 Å². The van der Waals surface area contributed by atoms with Gasteiger partial charge in [0.1, 0.15) is 18.1 Å². The van der Waals surface area contributed by atoms with Crippen molar-refractivity contribution < 1.29 is 13.9 Å². The topological polar surface area (TPSA) is 42.7 Å². The van der Waals surface area contributed by atoms with E-state index in [4.69, 9.17) is 9.15 Å². The highest BCUT2D eigenvalue weighted by Gasteiger charge is 2.36. The van der Waals surface area contributed by atoms with Gasteiger partial charge in [0.15, 0.2) is 0 Å². The Morgan fingerprint density at radius 2 is 2.28 bits per heavy atom. The Kier molecular flexibility index (Phi) is 4.07. The summed E-state index contributed by atoms with van der Waals surface area (Å²) in [5, 5.41) is 0. The van der Waals surface area contributed by atoms with Crippen LogP contribution in [0.2, 0.25) is 0 Å². The van der Waals surface area contributed by atoms with E-state index in [2.05, 4.69) is 6.92 Å². The van der Waals surface area contributed by atoms with Gasteiger partial charge in [0.25, 0.3) is 0 Å². The number of carbonyl (C=O) groups is 1. The maximum absolute atomic E-state index is 11.7. The molecule has 4 nitrogen and oxygen atoms in total. The highest BCUT2D eigenvalue weighted by molar-refractivity contribution is 5.77. The summed E-state index contributed by atoms with van der Waals surface area (Å²) in [5.41, 5.74) is 0. The third kappa shape index (κ3) is 3.13. The number of furan rings is 1. The fourth-order valence-corrected chi connectivity index (χ4v) is 2.02. The summed E-state index contributed by atoms with van der Waals surface area (Å²) in [5.74, 6) is 3.21. The molecule has 1 amide bonds. The van der Waals surface area contributed by atoms with Gasteiger partial charge in [0.05, 0.1) is 6.54 Å². The van der Waals surface area contributed by atoms with Gasteiger partial charge in [0, 0.05) is 19.6 Å². The Hall–Kier alpha value is -1.29. The molecule has 100 valence electrons. The molecule has 1 aliphatic rings. The molecule has 18 heavy (non-hydrogen) atoms. The first kappa shape index (κ1) is 13.1. The highest BCUT2D eigenvalue weighted by atomic mass is 16.5. The van der Waals surface area contributed by atoms with E-state index in [-0.39, 0.29) is 12.5 Å². The third-order valence-corrected chi connectivity index (χ3v) is 3.41. The van der Waals surface area contributed by atoms with Gasteiger partial charge in [-0.05, 0) is 31.4 Å². The van der Waals surface area contributed by atoms with Crippen molar-refractivity contribution in [3.05, 3.63) is 23.7 Å². The molecule has 2 rings (SSSR count). The monoisotopic (exact) mass is 251 g/mol. The van der Waals surface area contributed by atoms with Crippen molar-refractivity contribution in [3.8, 4) is 0 Å². The molecule has 2 unspecified atom stereocenters. The average Bonchev–Trinajstić information content (AvgIpc) is 2.89. The molecule has 1 aromatic heterocycles. The maximum atomic E-state index is 11.7. The van der Waals surface area contributed by atoms with Crippen LogP contribution in [-0.4, -0.2) is 31.1 Å². The zero-order valence-electron chi connectivity index (χ0n) is 11.3. The van der Waals surface area contributed by atoms with Crippen molar-refractivity contribution in [3.63, 3.8) is 0 Å². The van der Waals surface area contributed by atoms with Crippen LogP contribution in [0.5, 0.6) is 0 Å². The molecular formula is C14H21NO3. The molecule has 0 N–H and O–H groups in total. The van der Waals surface area contributed by atoms with Crippen molar-refractivity contribution >= 4 is 5.91 Å². The van der Waals surface area contributed by atoms with E-state index in [9.17, 15) is 4.79 Å². The number of ether oxygens (including phenoxy) is 1.